The fourth-order valence-electron chi connectivity index (χ4n) is 1.45. The Balaban J connectivity index is 2.42. The van der Waals surface area contributed by atoms with Gasteiger partial charge in [-0.05, 0) is 38.1 Å². The summed E-state index contributed by atoms with van der Waals surface area (Å²) in [5.41, 5.74) is 6.28. The minimum atomic E-state index is -0.343. The molecule has 0 aliphatic carbocycles. The van der Waals surface area contributed by atoms with E-state index in [0.717, 1.165) is 12.2 Å². The number of carbonyl (C=O) groups is 1. The second-order valence-corrected chi connectivity index (χ2v) is 4.10. The summed E-state index contributed by atoms with van der Waals surface area (Å²) in [7, 11) is 1.95. The van der Waals surface area contributed by atoms with Crippen LogP contribution in [0, 0.1) is 0 Å². The van der Waals surface area contributed by atoms with Gasteiger partial charge in [0.25, 0.3) is 0 Å². The summed E-state index contributed by atoms with van der Waals surface area (Å²) in [6.45, 7) is 2.47. The summed E-state index contributed by atoms with van der Waals surface area (Å²) < 4.78 is 5.39. The standard InChI is InChI=1S/C13H20N2O2/c1-10(15-2)9-11-3-5-12(6-4-11)17-8-7-13(14)16/h3-6,10,15H,7-9H2,1-2H3,(H2,14,16). The van der Waals surface area contributed by atoms with Crippen LogP contribution in [-0.2, 0) is 11.2 Å². The Morgan fingerprint density at radius 2 is 2.06 bits per heavy atom. The second kappa shape index (κ2) is 6.91. The van der Waals surface area contributed by atoms with E-state index in [1.807, 2.05) is 31.3 Å². The highest BCUT2D eigenvalue weighted by Gasteiger charge is 2.01. The number of hydrogen-bond donors (Lipinski definition) is 2. The number of likely N-dealkylation sites (N-methyl/N-ethyl adjacent to an activating group) is 1. The first-order valence-corrected chi connectivity index (χ1v) is 5.79. The van der Waals surface area contributed by atoms with Gasteiger partial charge in [0.05, 0.1) is 13.0 Å². The van der Waals surface area contributed by atoms with E-state index >= 15 is 0 Å². The molecule has 0 aliphatic rings. The molecule has 1 unspecified atom stereocenters. The van der Waals surface area contributed by atoms with E-state index in [-0.39, 0.29) is 12.3 Å². The molecule has 3 N–H and O–H groups in total. The number of rotatable bonds is 7. The quantitative estimate of drug-likeness (QED) is 0.745. The third-order valence-electron chi connectivity index (χ3n) is 2.58. The Morgan fingerprint density at radius 3 is 2.59 bits per heavy atom. The molecule has 0 saturated carbocycles. The number of carbonyl (C=O) groups excluding carboxylic acids is 1. The fraction of sp³-hybridized carbons (Fsp3) is 0.462. The normalized spacial score (nSPS) is 12.1. The number of amides is 1. The number of ether oxygens (including phenoxy) is 1. The highest BCUT2D eigenvalue weighted by molar-refractivity contribution is 5.73. The molecule has 0 bridgehead atoms. The number of hydrogen-bond acceptors (Lipinski definition) is 3. The van der Waals surface area contributed by atoms with Crippen molar-refractivity contribution in [2.24, 2.45) is 5.73 Å². The number of benzene rings is 1. The highest BCUT2D eigenvalue weighted by atomic mass is 16.5. The predicted molar refractivity (Wildman–Crippen MR) is 68.0 cm³/mol. The van der Waals surface area contributed by atoms with Crippen LogP contribution in [0.15, 0.2) is 24.3 Å². The number of nitrogens with one attached hydrogen (secondary N) is 1. The lowest BCUT2D eigenvalue weighted by Gasteiger charge is -2.10. The van der Waals surface area contributed by atoms with Crippen molar-refractivity contribution in [3.63, 3.8) is 0 Å². The molecule has 0 saturated heterocycles. The molecule has 0 aromatic heterocycles. The molecule has 4 heteroatoms. The third kappa shape index (κ3) is 5.36. The molecular formula is C13H20N2O2. The Morgan fingerprint density at radius 1 is 1.41 bits per heavy atom. The molecule has 1 rings (SSSR count). The van der Waals surface area contributed by atoms with Crippen molar-refractivity contribution in [2.45, 2.75) is 25.8 Å². The Bertz CT molecular complexity index is 349. The van der Waals surface area contributed by atoms with E-state index in [2.05, 4.69) is 12.2 Å². The van der Waals surface area contributed by atoms with E-state index in [0.29, 0.717) is 12.6 Å². The lowest BCUT2D eigenvalue weighted by Crippen LogP contribution is -2.23. The first-order chi connectivity index (χ1) is 8.11. The summed E-state index contributed by atoms with van der Waals surface area (Å²) in [6.07, 6.45) is 1.23. The van der Waals surface area contributed by atoms with Gasteiger partial charge in [0.1, 0.15) is 5.75 Å². The Kier molecular flexibility index (Phi) is 5.49. The van der Waals surface area contributed by atoms with E-state index in [1.165, 1.54) is 5.56 Å². The lowest BCUT2D eigenvalue weighted by molar-refractivity contribution is -0.118. The zero-order chi connectivity index (χ0) is 12.7. The first kappa shape index (κ1) is 13.5. The lowest BCUT2D eigenvalue weighted by atomic mass is 10.1. The van der Waals surface area contributed by atoms with Crippen LogP contribution in [0.3, 0.4) is 0 Å². The average molecular weight is 236 g/mol. The van der Waals surface area contributed by atoms with E-state index < -0.39 is 0 Å². The van der Waals surface area contributed by atoms with Crippen LogP contribution >= 0.6 is 0 Å². The Labute approximate surface area is 102 Å². The zero-order valence-corrected chi connectivity index (χ0v) is 10.4. The number of primary amides is 1. The van der Waals surface area contributed by atoms with Gasteiger partial charge in [-0.1, -0.05) is 12.1 Å². The van der Waals surface area contributed by atoms with Gasteiger partial charge in [-0.15, -0.1) is 0 Å². The third-order valence-corrected chi connectivity index (χ3v) is 2.58. The molecule has 1 atom stereocenters. The molecular weight excluding hydrogens is 216 g/mol. The van der Waals surface area contributed by atoms with E-state index in [1.54, 1.807) is 0 Å². The minimum absolute atomic E-state index is 0.249. The van der Waals surface area contributed by atoms with Crippen LogP contribution in [0.2, 0.25) is 0 Å². The maximum atomic E-state index is 10.5. The molecule has 94 valence electrons. The van der Waals surface area contributed by atoms with Crippen LogP contribution in [0.1, 0.15) is 18.9 Å². The van der Waals surface area contributed by atoms with Gasteiger partial charge in [0.2, 0.25) is 5.91 Å². The van der Waals surface area contributed by atoms with Crippen LogP contribution < -0.4 is 15.8 Å². The van der Waals surface area contributed by atoms with E-state index in [9.17, 15) is 4.79 Å². The van der Waals surface area contributed by atoms with Gasteiger partial charge in [0.15, 0.2) is 0 Å². The monoisotopic (exact) mass is 236 g/mol. The van der Waals surface area contributed by atoms with Gasteiger partial charge >= 0.3 is 0 Å². The molecule has 4 nitrogen and oxygen atoms in total. The summed E-state index contributed by atoms with van der Waals surface area (Å²) >= 11 is 0. The summed E-state index contributed by atoms with van der Waals surface area (Å²) in [4.78, 5) is 10.5. The van der Waals surface area contributed by atoms with Crippen molar-refractivity contribution in [3.05, 3.63) is 29.8 Å². The van der Waals surface area contributed by atoms with Gasteiger partial charge < -0.3 is 15.8 Å². The maximum absolute atomic E-state index is 10.5. The minimum Gasteiger partial charge on any atom is -0.493 e. The fourth-order valence-corrected chi connectivity index (χ4v) is 1.45. The van der Waals surface area contributed by atoms with Gasteiger partial charge in [-0.3, -0.25) is 4.79 Å². The maximum Gasteiger partial charge on any atom is 0.220 e. The van der Waals surface area contributed by atoms with Crippen molar-refractivity contribution in [1.82, 2.24) is 5.32 Å². The van der Waals surface area contributed by atoms with Crippen LogP contribution in [-0.4, -0.2) is 25.6 Å². The van der Waals surface area contributed by atoms with Gasteiger partial charge in [-0.2, -0.15) is 0 Å². The molecule has 0 spiro atoms. The Hall–Kier alpha value is -1.55. The predicted octanol–water partition coefficient (Wildman–Crippen LogP) is 1.09. The molecule has 0 radical (unpaired) electrons. The van der Waals surface area contributed by atoms with Crippen LogP contribution in [0.5, 0.6) is 5.75 Å². The SMILES string of the molecule is CNC(C)Cc1ccc(OCCC(N)=O)cc1. The van der Waals surface area contributed by atoms with Crippen molar-refractivity contribution in [1.29, 1.82) is 0 Å². The van der Waals surface area contributed by atoms with E-state index in [4.69, 9.17) is 10.5 Å². The van der Waals surface area contributed by atoms with Gasteiger partial charge in [0, 0.05) is 6.04 Å². The zero-order valence-electron chi connectivity index (χ0n) is 10.4. The van der Waals surface area contributed by atoms with Crippen molar-refractivity contribution in [2.75, 3.05) is 13.7 Å². The van der Waals surface area contributed by atoms with Crippen molar-refractivity contribution < 1.29 is 9.53 Å². The molecule has 0 aliphatic heterocycles. The molecule has 0 fully saturated rings. The largest absolute Gasteiger partial charge is 0.493 e. The average Bonchev–Trinajstić information content (AvgIpc) is 2.31. The molecule has 1 amide bonds. The summed E-state index contributed by atoms with van der Waals surface area (Å²) in [5.74, 6) is 0.427. The molecule has 1 aromatic carbocycles. The summed E-state index contributed by atoms with van der Waals surface area (Å²) in [6, 6.07) is 8.36. The highest BCUT2D eigenvalue weighted by Crippen LogP contribution is 2.13. The van der Waals surface area contributed by atoms with Crippen molar-refractivity contribution in [3.8, 4) is 5.75 Å². The van der Waals surface area contributed by atoms with Crippen LogP contribution in [0.25, 0.3) is 0 Å². The molecule has 1 aromatic rings. The van der Waals surface area contributed by atoms with Crippen LogP contribution in [0.4, 0.5) is 0 Å². The first-order valence-electron chi connectivity index (χ1n) is 5.79. The second-order valence-electron chi connectivity index (χ2n) is 4.10. The molecule has 0 heterocycles. The summed E-state index contributed by atoms with van der Waals surface area (Å²) in [5, 5.41) is 3.19. The van der Waals surface area contributed by atoms with Gasteiger partial charge in [-0.25, -0.2) is 0 Å². The smallest absolute Gasteiger partial charge is 0.220 e. The number of nitrogens with two attached hydrogens (primary N) is 1. The van der Waals surface area contributed by atoms with Crippen molar-refractivity contribution >= 4 is 5.91 Å². The topological polar surface area (TPSA) is 64.3 Å². The molecule has 17 heavy (non-hydrogen) atoms.